The average Bonchev–Trinajstić information content (AvgIpc) is 2.95. The van der Waals surface area contributed by atoms with Crippen LogP contribution in [0.2, 0.25) is 0 Å². The number of benzene rings is 1. The van der Waals surface area contributed by atoms with Gasteiger partial charge in [-0.25, -0.2) is 4.68 Å². The van der Waals surface area contributed by atoms with Crippen molar-refractivity contribution in [3.63, 3.8) is 0 Å². The quantitative estimate of drug-likeness (QED) is 0.889. The third-order valence-corrected chi connectivity index (χ3v) is 4.72. The van der Waals surface area contributed by atoms with Crippen LogP contribution < -0.4 is 10.1 Å². The minimum atomic E-state index is -0.0293. The Hall–Kier alpha value is -2.30. The highest BCUT2D eigenvalue weighted by Crippen LogP contribution is 2.41. The molecule has 1 aliphatic rings. The maximum Gasteiger partial charge on any atom is 0.226 e. The van der Waals surface area contributed by atoms with Crippen LogP contribution in [0, 0.1) is 5.92 Å². The van der Waals surface area contributed by atoms with E-state index >= 15 is 0 Å². The number of hydrogen-bond donors (Lipinski definition) is 1. The van der Waals surface area contributed by atoms with Gasteiger partial charge in [-0.15, -0.1) is 0 Å². The number of nitrogens with zero attached hydrogens (tertiary/aromatic N) is 2. The first-order valence-electron chi connectivity index (χ1n) is 8.94. The summed E-state index contributed by atoms with van der Waals surface area (Å²) < 4.78 is 7.50. The van der Waals surface area contributed by atoms with Crippen LogP contribution in [0.1, 0.15) is 62.6 Å². The molecule has 1 amide bonds. The van der Waals surface area contributed by atoms with E-state index in [1.54, 1.807) is 7.11 Å². The number of methoxy groups -OCH3 is 1. The molecule has 0 saturated heterocycles. The van der Waals surface area contributed by atoms with Gasteiger partial charge in [0.25, 0.3) is 0 Å². The SMILES string of the molecule is COc1ccc(C(C)C)cc1[C@H]1CC(=O)Nc2c1cnn2CC(C)C. The van der Waals surface area contributed by atoms with Crippen molar-refractivity contribution in [2.45, 2.75) is 52.5 Å². The summed E-state index contributed by atoms with van der Waals surface area (Å²) >= 11 is 0. The summed E-state index contributed by atoms with van der Waals surface area (Å²) in [5, 5.41) is 7.53. The molecule has 1 aromatic carbocycles. The van der Waals surface area contributed by atoms with Crippen LogP contribution in [-0.2, 0) is 11.3 Å². The zero-order chi connectivity index (χ0) is 18.1. The van der Waals surface area contributed by atoms with Gasteiger partial charge in [0.15, 0.2) is 0 Å². The third-order valence-electron chi connectivity index (χ3n) is 4.72. The number of hydrogen-bond acceptors (Lipinski definition) is 3. The maximum absolute atomic E-state index is 12.4. The van der Waals surface area contributed by atoms with Crippen LogP contribution >= 0.6 is 0 Å². The monoisotopic (exact) mass is 341 g/mol. The number of amides is 1. The van der Waals surface area contributed by atoms with Gasteiger partial charge in [-0.2, -0.15) is 5.10 Å². The molecule has 5 nitrogen and oxygen atoms in total. The lowest BCUT2D eigenvalue weighted by molar-refractivity contribution is -0.116. The number of carbonyl (C=O) groups excluding carboxylic acids is 1. The van der Waals surface area contributed by atoms with Crippen molar-refractivity contribution >= 4 is 11.7 Å². The molecular weight excluding hydrogens is 314 g/mol. The van der Waals surface area contributed by atoms with Crippen LogP contribution in [0.4, 0.5) is 5.82 Å². The first-order chi connectivity index (χ1) is 11.9. The van der Waals surface area contributed by atoms with Crippen LogP contribution in [0.25, 0.3) is 0 Å². The molecule has 25 heavy (non-hydrogen) atoms. The Kier molecular flexibility index (Phi) is 4.84. The summed E-state index contributed by atoms with van der Waals surface area (Å²) in [7, 11) is 1.68. The first kappa shape index (κ1) is 17.5. The molecule has 0 unspecified atom stereocenters. The molecule has 2 heterocycles. The van der Waals surface area contributed by atoms with Gasteiger partial charge in [-0.1, -0.05) is 39.8 Å². The summed E-state index contributed by atoms with van der Waals surface area (Å²) in [4.78, 5) is 12.4. The van der Waals surface area contributed by atoms with Gasteiger partial charge in [-0.3, -0.25) is 4.79 Å². The van der Waals surface area contributed by atoms with E-state index in [9.17, 15) is 4.79 Å². The number of nitrogens with one attached hydrogen (secondary N) is 1. The number of anilines is 1. The zero-order valence-corrected chi connectivity index (χ0v) is 15.7. The topological polar surface area (TPSA) is 56.1 Å². The summed E-state index contributed by atoms with van der Waals surface area (Å²) in [5.41, 5.74) is 3.38. The average molecular weight is 341 g/mol. The van der Waals surface area contributed by atoms with Gasteiger partial charge in [0, 0.05) is 30.0 Å². The maximum atomic E-state index is 12.4. The van der Waals surface area contributed by atoms with E-state index in [4.69, 9.17) is 4.74 Å². The molecule has 5 heteroatoms. The summed E-state index contributed by atoms with van der Waals surface area (Å²) in [6, 6.07) is 6.28. The van der Waals surface area contributed by atoms with E-state index < -0.39 is 0 Å². The van der Waals surface area contributed by atoms with Gasteiger partial charge >= 0.3 is 0 Å². The number of fused-ring (bicyclic) bond motifs is 1. The molecule has 2 aromatic rings. The van der Waals surface area contributed by atoms with Crippen LogP contribution in [0.5, 0.6) is 5.75 Å². The molecule has 0 saturated carbocycles. The fourth-order valence-corrected chi connectivity index (χ4v) is 3.42. The van der Waals surface area contributed by atoms with E-state index in [-0.39, 0.29) is 11.8 Å². The predicted molar refractivity (Wildman–Crippen MR) is 99.2 cm³/mol. The number of rotatable bonds is 5. The summed E-state index contributed by atoms with van der Waals surface area (Å²) in [5.74, 6) is 2.53. The Morgan fingerprint density at radius 3 is 2.68 bits per heavy atom. The summed E-state index contributed by atoms with van der Waals surface area (Å²) in [6.07, 6.45) is 2.31. The van der Waals surface area contributed by atoms with E-state index in [2.05, 4.69) is 50.2 Å². The predicted octanol–water partition coefficient (Wildman–Crippen LogP) is 4.15. The highest BCUT2D eigenvalue weighted by molar-refractivity contribution is 5.94. The lowest BCUT2D eigenvalue weighted by Crippen LogP contribution is -2.25. The molecule has 0 aliphatic carbocycles. The van der Waals surface area contributed by atoms with Gasteiger partial charge in [0.05, 0.1) is 13.3 Å². The standard InChI is InChI=1S/C20H27N3O2/c1-12(2)11-23-20-17(10-21-23)15(9-19(24)22-20)16-8-14(13(3)4)6-7-18(16)25-5/h6-8,10,12-13,15H,9,11H2,1-5H3,(H,22,24)/t15-/m1/s1. The van der Waals surface area contributed by atoms with Crippen molar-refractivity contribution in [3.05, 3.63) is 41.1 Å². The molecule has 1 aliphatic heterocycles. The van der Waals surface area contributed by atoms with Crippen molar-refractivity contribution in [1.82, 2.24) is 9.78 Å². The first-order valence-corrected chi connectivity index (χ1v) is 8.94. The second-order valence-electron chi connectivity index (χ2n) is 7.49. The fourth-order valence-electron chi connectivity index (χ4n) is 3.42. The lowest BCUT2D eigenvalue weighted by Gasteiger charge is -2.26. The number of ether oxygens (including phenoxy) is 1. The Labute approximate surface area is 149 Å². The largest absolute Gasteiger partial charge is 0.496 e. The molecule has 1 N–H and O–H groups in total. The molecule has 1 atom stereocenters. The second kappa shape index (κ2) is 6.90. The molecule has 1 aromatic heterocycles. The van der Waals surface area contributed by atoms with E-state index in [0.717, 1.165) is 29.2 Å². The minimum Gasteiger partial charge on any atom is -0.496 e. The van der Waals surface area contributed by atoms with Gasteiger partial charge in [-0.05, 0) is 23.5 Å². The van der Waals surface area contributed by atoms with Crippen LogP contribution in [0.15, 0.2) is 24.4 Å². The molecular formula is C20H27N3O2. The Morgan fingerprint density at radius 2 is 2.04 bits per heavy atom. The molecule has 0 spiro atoms. The molecule has 0 fully saturated rings. The van der Waals surface area contributed by atoms with Gasteiger partial charge in [0.2, 0.25) is 5.91 Å². The van der Waals surface area contributed by atoms with Crippen molar-refractivity contribution in [2.24, 2.45) is 5.92 Å². The van der Waals surface area contributed by atoms with E-state index in [1.807, 2.05) is 16.9 Å². The Morgan fingerprint density at radius 1 is 1.28 bits per heavy atom. The second-order valence-corrected chi connectivity index (χ2v) is 7.49. The van der Waals surface area contributed by atoms with Crippen molar-refractivity contribution in [3.8, 4) is 5.75 Å². The molecule has 3 rings (SSSR count). The van der Waals surface area contributed by atoms with Crippen LogP contribution in [0.3, 0.4) is 0 Å². The van der Waals surface area contributed by atoms with Crippen molar-refractivity contribution in [2.75, 3.05) is 12.4 Å². The van der Waals surface area contributed by atoms with Crippen LogP contribution in [-0.4, -0.2) is 22.8 Å². The highest BCUT2D eigenvalue weighted by Gasteiger charge is 2.32. The normalized spacial score (nSPS) is 16.9. The van der Waals surface area contributed by atoms with Gasteiger partial charge < -0.3 is 10.1 Å². The van der Waals surface area contributed by atoms with E-state index in [0.29, 0.717) is 18.3 Å². The lowest BCUT2D eigenvalue weighted by atomic mass is 9.85. The highest BCUT2D eigenvalue weighted by atomic mass is 16.5. The Balaban J connectivity index is 2.09. The minimum absolute atomic E-state index is 0.0278. The van der Waals surface area contributed by atoms with Crippen molar-refractivity contribution < 1.29 is 9.53 Å². The van der Waals surface area contributed by atoms with Gasteiger partial charge in [0.1, 0.15) is 11.6 Å². The number of carbonyl (C=O) groups is 1. The van der Waals surface area contributed by atoms with Crippen molar-refractivity contribution in [1.29, 1.82) is 0 Å². The molecule has 134 valence electrons. The zero-order valence-electron chi connectivity index (χ0n) is 15.7. The number of aromatic nitrogens is 2. The Bertz CT molecular complexity index is 777. The fraction of sp³-hybridized carbons (Fsp3) is 0.500. The summed E-state index contributed by atoms with van der Waals surface area (Å²) in [6.45, 7) is 9.42. The smallest absolute Gasteiger partial charge is 0.226 e. The molecule has 0 bridgehead atoms. The van der Waals surface area contributed by atoms with E-state index in [1.165, 1.54) is 5.56 Å². The third kappa shape index (κ3) is 3.41. The molecule has 0 radical (unpaired) electrons.